The average molecular weight is 416 g/mol. The molecule has 0 spiro atoms. The molecule has 30 heavy (non-hydrogen) atoms. The molecular formula is C21H30FN7O. The third-order valence-electron chi connectivity index (χ3n) is 5.61. The van der Waals surface area contributed by atoms with Crippen LogP contribution in [-0.4, -0.2) is 65.0 Å². The molecule has 2 N–H and O–H groups in total. The van der Waals surface area contributed by atoms with Gasteiger partial charge in [0, 0.05) is 39.1 Å². The van der Waals surface area contributed by atoms with Crippen molar-refractivity contribution in [3.05, 3.63) is 47.3 Å². The number of morpholine rings is 1. The molecule has 1 aromatic heterocycles. The lowest BCUT2D eigenvalue weighted by molar-refractivity contribution is 0.0170. The zero-order valence-corrected chi connectivity index (χ0v) is 17.5. The van der Waals surface area contributed by atoms with E-state index >= 15 is 0 Å². The van der Waals surface area contributed by atoms with Gasteiger partial charge in [0.1, 0.15) is 18.2 Å². The molecule has 0 amide bonds. The third-order valence-corrected chi connectivity index (χ3v) is 5.61. The van der Waals surface area contributed by atoms with E-state index in [0.717, 1.165) is 62.2 Å². The van der Waals surface area contributed by atoms with Crippen LogP contribution in [-0.2, 0) is 24.2 Å². The number of hydrogen-bond acceptors (Lipinski definition) is 5. The Morgan fingerprint density at radius 2 is 1.97 bits per heavy atom. The summed E-state index contributed by atoms with van der Waals surface area (Å²) < 4.78 is 21.1. The Morgan fingerprint density at radius 3 is 2.73 bits per heavy atom. The van der Waals surface area contributed by atoms with Gasteiger partial charge < -0.3 is 19.9 Å². The van der Waals surface area contributed by atoms with Crippen LogP contribution in [0, 0.1) is 5.82 Å². The number of aryl methyl sites for hydroxylation is 1. The number of hydrogen-bond donors (Lipinski definition) is 2. The van der Waals surface area contributed by atoms with Crippen LogP contribution in [0.5, 0.6) is 0 Å². The van der Waals surface area contributed by atoms with Crippen LogP contribution in [0.15, 0.2) is 29.3 Å². The van der Waals surface area contributed by atoms with Gasteiger partial charge in [-0.25, -0.2) is 9.38 Å². The Balaban J connectivity index is 1.45. The van der Waals surface area contributed by atoms with E-state index in [2.05, 4.69) is 30.3 Å². The number of nitrogens with one attached hydrogen (secondary N) is 2. The van der Waals surface area contributed by atoms with Crippen LogP contribution in [0.4, 0.5) is 4.39 Å². The molecular weight excluding hydrogens is 385 g/mol. The van der Waals surface area contributed by atoms with E-state index in [-0.39, 0.29) is 11.9 Å². The third kappa shape index (κ3) is 4.96. The molecule has 2 aliphatic rings. The highest BCUT2D eigenvalue weighted by atomic mass is 19.1. The first-order valence-corrected chi connectivity index (χ1v) is 10.7. The number of guanidine groups is 1. The summed E-state index contributed by atoms with van der Waals surface area (Å²) in [6.07, 6.45) is 2.12. The molecule has 0 saturated carbocycles. The van der Waals surface area contributed by atoms with Crippen LogP contribution in [0.3, 0.4) is 0 Å². The number of rotatable bonds is 7. The minimum Gasteiger partial charge on any atom is -0.379 e. The molecule has 162 valence electrons. The van der Waals surface area contributed by atoms with Gasteiger partial charge in [0.25, 0.3) is 0 Å². The minimum atomic E-state index is -0.219. The second-order valence-electron chi connectivity index (χ2n) is 7.58. The molecule has 0 bridgehead atoms. The summed E-state index contributed by atoms with van der Waals surface area (Å²) in [4.78, 5) is 7.10. The fourth-order valence-electron chi connectivity index (χ4n) is 4.04. The lowest BCUT2D eigenvalue weighted by atomic mass is 10.0. The summed E-state index contributed by atoms with van der Waals surface area (Å²) in [6, 6.07) is 6.87. The number of ether oxygens (including phenoxy) is 1. The van der Waals surface area contributed by atoms with Gasteiger partial charge in [-0.15, -0.1) is 10.2 Å². The van der Waals surface area contributed by atoms with Gasteiger partial charge in [0.05, 0.1) is 19.3 Å². The number of benzene rings is 1. The maximum Gasteiger partial charge on any atom is 0.191 e. The molecule has 1 atom stereocenters. The lowest BCUT2D eigenvalue weighted by Crippen LogP contribution is -2.46. The molecule has 2 aliphatic heterocycles. The summed E-state index contributed by atoms with van der Waals surface area (Å²) in [6.45, 7) is 8.06. The fourth-order valence-corrected chi connectivity index (χ4v) is 4.04. The van der Waals surface area contributed by atoms with E-state index in [4.69, 9.17) is 9.73 Å². The van der Waals surface area contributed by atoms with Crippen molar-refractivity contribution in [3.8, 4) is 0 Å². The summed E-state index contributed by atoms with van der Waals surface area (Å²) in [7, 11) is 0. The van der Waals surface area contributed by atoms with Gasteiger partial charge in [-0.2, -0.15) is 0 Å². The van der Waals surface area contributed by atoms with Crippen LogP contribution in [0.2, 0.25) is 0 Å². The van der Waals surface area contributed by atoms with Crippen molar-refractivity contribution in [1.29, 1.82) is 0 Å². The zero-order chi connectivity index (χ0) is 20.8. The molecule has 9 heteroatoms. The smallest absolute Gasteiger partial charge is 0.191 e. The predicted molar refractivity (Wildman–Crippen MR) is 113 cm³/mol. The number of nitrogens with zero attached hydrogens (tertiary/aromatic N) is 5. The number of aromatic nitrogens is 3. The predicted octanol–water partition coefficient (Wildman–Crippen LogP) is 1.49. The number of aliphatic imine (C=N–C) groups is 1. The first-order chi connectivity index (χ1) is 14.7. The number of fused-ring (bicyclic) bond motifs is 1. The summed E-state index contributed by atoms with van der Waals surface area (Å²) in [5.74, 6) is 2.49. The topological polar surface area (TPSA) is 79.6 Å². The Kier molecular flexibility index (Phi) is 6.91. The number of halogens is 1. The highest BCUT2D eigenvalue weighted by molar-refractivity contribution is 5.79. The van der Waals surface area contributed by atoms with Crippen LogP contribution >= 0.6 is 0 Å². The molecule has 1 fully saturated rings. The molecule has 4 rings (SSSR count). The second kappa shape index (κ2) is 9.99. The molecule has 2 aromatic rings. The largest absolute Gasteiger partial charge is 0.379 e. The average Bonchev–Trinajstić information content (AvgIpc) is 3.38. The van der Waals surface area contributed by atoms with Crippen molar-refractivity contribution in [1.82, 2.24) is 30.3 Å². The monoisotopic (exact) mass is 415 g/mol. The van der Waals surface area contributed by atoms with Gasteiger partial charge >= 0.3 is 0 Å². The van der Waals surface area contributed by atoms with Crippen molar-refractivity contribution in [2.45, 2.75) is 38.9 Å². The Labute approximate surface area is 176 Å². The summed E-state index contributed by atoms with van der Waals surface area (Å²) in [5, 5.41) is 15.3. The molecule has 3 heterocycles. The summed E-state index contributed by atoms with van der Waals surface area (Å²) >= 11 is 0. The van der Waals surface area contributed by atoms with Crippen molar-refractivity contribution < 1.29 is 9.13 Å². The van der Waals surface area contributed by atoms with Crippen LogP contribution in [0.25, 0.3) is 0 Å². The van der Waals surface area contributed by atoms with Crippen molar-refractivity contribution in [3.63, 3.8) is 0 Å². The quantitative estimate of drug-likeness (QED) is 0.527. The maximum absolute atomic E-state index is 13.4. The highest BCUT2D eigenvalue weighted by Gasteiger charge is 2.23. The van der Waals surface area contributed by atoms with E-state index < -0.39 is 0 Å². The van der Waals surface area contributed by atoms with E-state index in [1.54, 1.807) is 0 Å². The second-order valence-corrected chi connectivity index (χ2v) is 7.58. The lowest BCUT2D eigenvalue weighted by Gasteiger charge is -2.35. The standard InChI is InChI=1S/C21H30FN7O/c1-2-23-21(25-15-20-27-26-19-4-3-9-29(19)20)24-14-18(28-10-12-30-13-11-28)16-5-7-17(22)8-6-16/h5-8,18H,2-4,9-15H2,1H3,(H2,23,24,25). The normalized spacial score (nSPS) is 18.3. The molecule has 8 nitrogen and oxygen atoms in total. The Bertz CT molecular complexity index is 846. The van der Waals surface area contributed by atoms with Crippen molar-refractivity contribution in [2.24, 2.45) is 4.99 Å². The van der Waals surface area contributed by atoms with Gasteiger partial charge in [0.15, 0.2) is 11.8 Å². The first-order valence-electron chi connectivity index (χ1n) is 10.7. The molecule has 1 unspecified atom stereocenters. The first kappa shape index (κ1) is 20.7. The van der Waals surface area contributed by atoms with Crippen LogP contribution < -0.4 is 10.6 Å². The summed E-state index contributed by atoms with van der Waals surface area (Å²) in [5.41, 5.74) is 1.08. The molecule has 1 aromatic carbocycles. The minimum absolute atomic E-state index is 0.107. The van der Waals surface area contributed by atoms with Gasteiger partial charge in [-0.05, 0) is 31.0 Å². The zero-order valence-electron chi connectivity index (χ0n) is 17.5. The molecule has 0 aliphatic carbocycles. The van der Waals surface area contributed by atoms with E-state index in [1.807, 2.05) is 19.1 Å². The molecule has 0 radical (unpaired) electrons. The fraction of sp³-hybridized carbons (Fsp3) is 0.571. The Morgan fingerprint density at radius 1 is 1.17 bits per heavy atom. The van der Waals surface area contributed by atoms with E-state index in [9.17, 15) is 4.39 Å². The van der Waals surface area contributed by atoms with Crippen molar-refractivity contribution in [2.75, 3.05) is 39.4 Å². The highest BCUT2D eigenvalue weighted by Crippen LogP contribution is 2.21. The molecule has 1 saturated heterocycles. The van der Waals surface area contributed by atoms with Crippen molar-refractivity contribution >= 4 is 5.96 Å². The maximum atomic E-state index is 13.4. The Hall–Kier alpha value is -2.52. The van der Waals surface area contributed by atoms with Gasteiger partial charge in [-0.1, -0.05) is 12.1 Å². The SMILES string of the molecule is CCNC(=NCc1nnc2n1CCC2)NCC(c1ccc(F)cc1)N1CCOCC1. The van der Waals surface area contributed by atoms with E-state index in [0.29, 0.717) is 26.3 Å². The van der Waals surface area contributed by atoms with Gasteiger partial charge in [-0.3, -0.25) is 4.90 Å². The van der Waals surface area contributed by atoms with Crippen LogP contribution in [0.1, 0.15) is 36.6 Å². The van der Waals surface area contributed by atoms with E-state index in [1.165, 1.54) is 12.1 Å². The van der Waals surface area contributed by atoms with Gasteiger partial charge in [0.2, 0.25) is 0 Å².